The van der Waals surface area contributed by atoms with E-state index in [4.69, 9.17) is 0 Å². The third-order valence-electron chi connectivity index (χ3n) is 1.40. The number of carbonyl (C=O) groups excluding carboxylic acids is 1. The van der Waals surface area contributed by atoms with E-state index in [2.05, 4.69) is 10.6 Å². The minimum Gasteiger partial charge on any atom is -0.318 e. The summed E-state index contributed by atoms with van der Waals surface area (Å²) in [5.41, 5.74) is 0. The van der Waals surface area contributed by atoms with Gasteiger partial charge in [0, 0.05) is 20.1 Å². The zero-order valence-electron chi connectivity index (χ0n) is 7.42. The quantitative estimate of drug-likeness (QED) is 0.552. The molecule has 0 aromatic rings. The Morgan fingerprint density at radius 3 is 2.73 bits per heavy atom. The van der Waals surface area contributed by atoms with E-state index in [1.54, 1.807) is 0 Å². The maximum atomic E-state index is 10.8. The van der Waals surface area contributed by atoms with Crippen molar-refractivity contribution < 1.29 is 4.79 Å². The van der Waals surface area contributed by atoms with Gasteiger partial charge >= 0.3 is 0 Å². The Morgan fingerprint density at radius 1 is 1.64 bits per heavy atom. The first-order valence-corrected chi connectivity index (χ1v) is 3.66. The van der Waals surface area contributed by atoms with Crippen molar-refractivity contribution in [2.45, 2.75) is 0 Å². The number of carbonyl (C=O) groups is 1. The Bertz CT molecular complexity index is 116. The summed E-state index contributed by atoms with van der Waals surface area (Å²) in [6.07, 6.45) is 0. The lowest BCUT2D eigenvalue weighted by atomic mass is 10.5. The van der Waals surface area contributed by atoms with Crippen LogP contribution in [0.2, 0.25) is 0 Å². The summed E-state index contributed by atoms with van der Waals surface area (Å²) in [4.78, 5) is 12.7. The van der Waals surface area contributed by atoms with Crippen LogP contribution in [-0.4, -0.2) is 51.6 Å². The molecule has 0 bridgehead atoms. The molecule has 65 valence electrons. The van der Waals surface area contributed by atoms with E-state index >= 15 is 0 Å². The van der Waals surface area contributed by atoms with Crippen molar-refractivity contribution in [1.29, 1.82) is 0 Å². The fraction of sp³-hybridized carbons (Fsp3) is 0.857. The Hall–Kier alpha value is -0.610. The fourth-order valence-corrected chi connectivity index (χ4v) is 0.683. The number of likely N-dealkylation sites (N-methyl/N-ethyl adjacent to an activating group) is 3. The largest absolute Gasteiger partial charge is 0.318 e. The molecule has 1 radical (unpaired) electrons. The number of nitrogens with zero attached hydrogens (tertiary/aromatic N) is 2. The average molecular weight is 158 g/mol. The van der Waals surface area contributed by atoms with Crippen LogP contribution in [-0.2, 0) is 4.79 Å². The van der Waals surface area contributed by atoms with Crippen LogP contribution in [0.1, 0.15) is 0 Å². The molecule has 1 N–H and O–H groups in total. The van der Waals surface area contributed by atoms with Gasteiger partial charge in [-0.25, -0.2) is 0 Å². The van der Waals surface area contributed by atoms with Crippen molar-refractivity contribution in [3.05, 3.63) is 0 Å². The first-order valence-electron chi connectivity index (χ1n) is 3.66. The molecule has 4 heteroatoms. The van der Waals surface area contributed by atoms with Gasteiger partial charge in [-0.3, -0.25) is 15.0 Å². The van der Waals surface area contributed by atoms with Gasteiger partial charge in [-0.1, -0.05) is 0 Å². The van der Waals surface area contributed by atoms with Gasteiger partial charge in [0.25, 0.3) is 5.91 Å². The van der Waals surface area contributed by atoms with Crippen LogP contribution < -0.4 is 10.6 Å². The van der Waals surface area contributed by atoms with Crippen molar-refractivity contribution in [2.24, 2.45) is 0 Å². The first-order chi connectivity index (χ1) is 5.20. The van der Waals surface area contributed by atoms with Crippen molar-refractivity contribution in [3.8, 4) is 0 Å². The predicted octanol–water partition coefficient (Wildman–Crippen LogP) is -1.10. The molecule has 4 nitrogen and oxygen atoms in total. The summed E-state index contributed by atoms with van der Waals surface area (Å²) in [5.74, 6) is -0.0661. The summed E-state index contributed by atoms with van der Waals surface area (Å²) >= 11 is 0. The van der Waals surface area contributed by atoms with Gasteiger partial charge in [0.2, 0.25) is 0 Å². The van der Waals surface area contributed by atoms with Crippen LogP contribution in [0.5, 0.6) is 0 Å². The summed E-state index contributed by atoms with van der Waals surface area (Å²) in [7, 11) is 5.31. The number of rotatable bonds is 5. The molecule has 0 fully saturated rings. The molecule has 0 aromatic carbocycles. The monoisotopic (exact) mass is 158 g/mol. The fourth-order valence-electron chi connectivity index (χ4n) is 0.683. The predicted molar refractivity (Wildman–Crippen MR) is 44.5 cm³/mol. The highest BCUT2D eigenvalue weighted by atomic mass is 16.1. The Kier molecular flexibility index (Phi) is 5.78. The lowest BCUT2D eigenvalue weighted by Gasteiger charge is -2.13. The van der Waals surface area contributed by atoms with Gasteiger partial charge in [0.05, 0.1) is 6.54 Å². The van der Waals surface area contributed by atoms with Gasteiger partial charge in [0.1, 0.15) is 0 Å². The van der Waals surface area contributed by atoms with Gasteiger partial charge < -0.3 is 5.32 Å². The second-order valence-corrected chi connectivity index (χ2v) is 2.46. The topological polar surface area (TPSA) is 46.4 Å². The minimum atomic E-state index is -0.0661. The van der Waals surface area contributed by atoms with Gasteiger partial charge in [0.15, 0.2) is 0 Å². The van der Waals surface area contributed by atoms with Crippen molar-refractivity contribution in [3.63, 3.8) is 0 Å². The van der Waals surface area contributed by atoms with Crippen molar-refractivity contribution in [2.75, 3.05) is 40.8 Å². The highest BCUT2D eigenvalue weighted by Crippen LogP contribution is 1.79. The second-order valence-electron chi connectivity index (χ2n) is 2.46. The van der Waals surface area contributed by atoms with E-state index in [-0.39, 0.29) is 5.91 Å². The Balaban J connectivity index is 3.35. The zero-order valence-corrected chi connectivity index (χ0v) is 7.42. The molecular weight excluding hydrogens is 142 g/mol. The normalized spacial score (nSPS) is 10.2. The van der Waals surface area contributed by atoms with Crippen LogP contribution in [0, 0.1) is 0 Å². The molecule has 0 heterocycles. The van der Waals surface area contributed by atoms with Gasteiger partial charge in [-0.05, 0) is 14.1 Å². The third kappa shape index (κ3) is 5.82. The number of nitrogens with one attached hydrogen (secondary N) is 1. The average Bonchev–Trinajstić information content (AvgIpc) is 2.00. The molecule has 0 saturated carbocycles. The van der Waals surface area contributed by atoms with Crippen LogP contribution in [0.25, 0.3) is 0 Å². The number of hydrogen-bond donors (Lipinski definition) is 1. The molecule has 0 spiro atoms. The lowest BCUT2D eigenvalue weighted by molar-refractivity contribution is -0.121. The molecule has 0 rings (SSSR count). The number of amides is 1. The SMILES string of the molecule is C[N]C(=O)CN(C)CCNC. The van der Waals surface area contributed by atoms with E-state index in [1.165, 1.54) is 7.05 Å². The molecular formula is C7H16N3O. The molecule has 0 aliphatic rings. The summed E-state index contributed by atoms with van der Waals surface area (Å²) < 4.78 is 0. The smallest absolute Gasteiger partial charge is 0.255 e. The van der Waals surface area contributed by atoms with Gasteiger partial charge in [-0.15, -0.1) is 0 Å². The maximum Gasteiger partial charge on any atom is 0.255 e. The van der Waals surface area contributed by atoms with E-state index in [9.17, 15) is 4.79 Å². The molecule has 0 aliphatic carbocycles. The van der Waals surface area contributed by atoms with Crippen LogP contribution in [0.3, 0.4) is 0 Å². The molecule has 0 saturated heterocycles. The summed E-state index contributed by atoms with van der Waals surface area (Å²) in [6.45, 7) is 2.18. The highest BCUT2D eigenvalue weighted by molar-refractivity contribution is 5.77. The van der Waals surface area contributed by atoms with Crippen LogP contribution >= 0.6 is 0 Å². The molecule has 0 atom stereocenters. The molecule has 0 aromatic heterocycles. The van der Waals surface area contributed by atoms with Crippen molar-refractivity contribution >= 4 is 5.91 Å². The summed E-state index contributed by atoms with van der Waals surface area (Å²) in [6, 6.07) is 0. The Labute approximate surface area is 67.9 Å². The van der Waals surface area contributed by atoms with Crippen LogP contribution in [0.15, 0.2) is 0 Å². The van der Waals surface area contributed by atoms with E-state index in [1.807, 2.05) is 19.0 Å². The van der Waals surface area contributed by atoms with Gasteiger partial charge in [-0.2, -0.15) is 0 Å². The lowest BCUT2D eigenvalue weighted by Crippen LogP contribution is -2.34. The minimum absolute atomic E-state index is 0.0661. The first kappa shape index (κ1) is 10.4. The molecule has 0 aliphatic heterocycles. The number of hydrogen-bond acceptors (Lipinski definition) is 3. The standard InChI is InChI=1S/C7H16N3O/c1-8-4-5-10(3)6-7(11)9-2/h8H,4-6H2,1-3H3. The Morgan fingerprint density at radius 2 is 2.27 bits per heavy atom. The second kappa shape index (κ2) is 6.12. The summed E-state index contributed by atoms with van der Waals surface area (Å²) in [5, 5.41) is 6.54. The molecule has 1 amide bonds. The van der Waals surface area contributed by atoms with E-state index in [0.717, 1.165) is 13.1 Å². The van der Waals surface area contributed by atoms with E-state index < -0.39 is 0 Å². The molecule has 0 unspecified atom stereocenters. The maximum absolute atomic E-state index is 10.8. The third-order valence-corrected chi connectivity index (χ3v) is 1.40. The molecule has 11 heavy (non-hydrogen) atoms. The van der Waals surface area contributed by atoms with Crippen LogP contribution in [0.4, 0.5) is 0 Å². The van der Waals surface area contributed by atoms with E-state index in [0.29, 0.717) is 6.54 Å². The zero-order chi connectivity index (χ0) is 8.69. The van der Waals surface area contributed by atoms with Crippen molar-refractivity contribution in [1.82, 2.24) is 15.5 Å². The highest BCUT2D eigenvalue weighted by Gasteiger charge is 2.03.